The van der Waals surface area contributed by atoms with Crippen LogP contribution in [0.4, 0.5) is 11.4 Å². The Bertz CT molecular complexity index is 1360. The molecule has 4 aromatic carbocycles. The van der Waals surface area contributed by atoms with Gasteiger partial charge in [0.25, 0.3) is 0 Å². The Kier molecular flexibility index (Phi) is 6.98. The fraction of sp³-hybridized carbons (Fsp3) is 0.207. The number of hydrogen-bond acceptors (Lipinski definition) is 5. The lowest BCUT2D eigenvalue weighted by atomic mass is 9.99. The van der Waals surface area contributed by atoms with E-state index in [0.29, 0.717) is 18.8 Å². The molecule has 0 saturated heterocycles. The van der Waals surface area contributed by atoms with E-state index in [1.165, 1.54) is 16.3 Å². The van der Waals surface area contributed by atoms with Crippen molar-refractivity contribution in [2.75, 3.05) is 24.6 Å². The highest BCUT2D eigenvalue weighted by atomic mass is 35.5. The summed E-state index contributed by atoms with van der Waals surface area (Å²) in [5.41, 5.74) is 3.10. The van der Waals surface area contributed by atoms with Crippen molar-refractivity contribution in [1.82, 2.24) is 4.42 Å². The van der Waals surface area contributed by atoms with Crippen molar-refractivity contribution >= 4 is 39.9 Å². The number of hydrogen-bond donors (Lipinski definition) is 1. The number of anilines is 2. The minimum Gasteiger partial charge on any atom is -0.485 e. The lowest BCUT2D eigenvalue weighted by molar-refractivity contribution is -0.139. The van der Waals surface area contributed by atoms with Crippen LogP contribution in [0, 0.1) is 0 Å². The number of nitrogens with zero attached hydrogens (tertiary/aromatic N) is 2. The first-order valence-electron chi connectivity index (χ1n) is 11.9. The Morgan fingerprint density at radius 2 is 1.78 bits per heavy atom. The highest BCUT2D eigenvalue weighted by Gasteiger charge is 2.29. The average Bonchev–Trinajstić information content (AvgIpc) is 2.91. The Morgan fingerprint density at radius 3 is 2.58 bits per heavy atom. The van der Waals surface area contributed by atoms with Crippen LogP contribution in [0.5, 0.6) is 11.5 Å². The van der Waals surface area contributed by atoms with Crippen molar-refractivity contribution in [2.45, 2.75) is 19.1 Å². The van der Waals surface area contributed by atoms with Crippen molar-refractivity contribution in [2.24, 2.45) is 0 Å². The summed E-state index contributed by atoms with van der Waals surface area (Å²) in [6.45, 7) is 2.87. The van der Waals surface area contributed by atoms with Crippen molar-refractivity contribution in [1.29, 1.82) is 0 Å². The molecule has 1 aliphatic rings. The predicted octanol–water partition coefficient (Wildman–Crippen LogP) is 6.42. The second-order valence-corrected chi connectivity index (χ2v) is 9.26. The van der Waals surface area contributed by atoms with Gasteiger partial charge in [-0.2, -0.15) is 0 Å². The van der Waals surface area contributed by atoms with E-state index in [2.05, 4.69) is 42.2 Å². The molecule has 5 rings (SSSR count). The molecular formula is C29H27ClN2O4. The molecule has 6 nitrogen and oxygen atoms in total. The number of benzene rings is 4. The first-order valence-corrected chi connectivity index (χ1v) is 12.2. The first kappa shape index (κ1) is 24.0. The third-order valence-electron chi connectivity index (χ3n) is 6.42. The van der Waals surface area contributed by atoms with Crippen LogP contribution in [0.2, 0.25) is 0 Å². The van der Waals surface area contributed by atoms with Crippen LogP contribution in [-0.2, 0) is 4.79 Å². The van der Waals surface area contributed by atoms with E-state index >= 15 is 0 Å². The van der Waals surface area contributed by atoms with Gasteiger partial charge in [0, 0.05) is 11.7 Å². The Labute approximate surface area is 215 Å². The molecule has 36 heavy (non-hydrogen) atoms. The summed E-state index contributed by atoms with van der Waals surface area (Å²) < 4.78 is 13.5. The van der Waals surface area contributed by atoms with Gasteiger partial charge in [-0.15, -0.1) is 0 Å². The average molecular weight is 503 g/mol. The number of ether oxygens (including phenoxy) is 2. The number of fused-ring (bicyclic) bond motifs is 2. The van der Waals surface area contributed by atoms with Crippen LogP contribution in [0.25, 0.3) is 10.8 Å². The number of para-hydroxylation sites is 2. The van der Waals surface area contributed by atoms with Crippen molar-refractivity contribution in [3.05, 3.63) is 96.6 Å². The zero-order valence-electron chi connectivity index (χ0n) is 19.9. The third kappa shape index (κ3) is 5.10. The van der Waals surface area contributed by atoms with Gasteiger partial charge in [-0.3, -0.25) is 0 Å². The Morgan fingerprint density at radius 1 is 1.06 bits per heavy atom. The normalized spacial score (nSPS) is 15.9. The molecule has 0 amide bonds. The van der Waals surface area contributed by atoms with Gasteiger partial charge in [0.15, 0.2) is 6.61 Å². The molecule has 0 fully saturated rings. The molecule has 0 spiro atoms. The predicted molar refractivity (Wildman–Crippen MR) is 142 cm³/mol. The number of rotatable bonds is 8. The molecular weight excluding hydrogens is 476 g/mol. The topological polar surface area (TPSA) is 62.2 Å². The van der Waals surface area contributed by atoms with Crippen molar-refractivity contribution in [3.8, 4) is 11.5 Å². The molecule has 4 aromatic rings. The van der Waals surface area contributed by atoms with Gasteiger partial charge in [-0.1, -0.05) is 54.6 Å². The third-order valence-corrected chi connectivity index (χ3v) is 6.85. The molecule has 7 heteroatoms. The van der Waals surface area contributed by atoms with Crippen LogP contribution in [0.15, 0.2) is 91.0 Å². The fourth-order valence-corrected chi connectivity index (χ4v) is 4.88. The van der Waals surface area contributed by atoms with Crippen LogP contribution in [0.1, 0.15) is 18.5 Å². The number of carbonyl (C=O) groups is 1. The maximum Gasteiger partial charge on any atom is 0.341 e. The number of halogens is 1. The first-order chi connectivity index (χ1) is 17.5. The molecule has 1 heterocycles. The highest BCUT2D eigenvalue weighted by molar-refractivity contribution is 6.13. The van der Waals surface area contributed by atoms with Crippen LogP contribution in [-0.4, -0.2) is 41.3 Å². The summed E-state index contributed by atoms with van der Waals surface area (Å²) in [5, 5.41) is 11.2. The summed E-state index contributed by atoms with van der Waals surface area (Å²) in [6.07, 6.45) is -0.169. The molecule has 184 valence electrons. The molecule has 0 saturated carbocycles. The molecule has 1 unspecified atom stereocenters. The van der Waals surface area contributed by atoms with Gasteiger partial charge < -0.3 is 19.5 Å². The Hall–Kier alpha value is -3.74. The van der Waals surface area contributed by atoms with E-state index in [0.717, 1.165) is 17.1 Å². The lowest BCUT2D eigenvalue weighted by Gasteiger charge is -2.38. The summed E-state index contributed by atoms with van der Waals surface area (Å²) in [5.74, 6) is 0.297. The molecule has 2 atom stereocenters. The van der Waals surface area contributed by atoms with E-state index in [1.807, 2.05) is 52.9 Å². The highest BCUT2D eigenvalue weighted by Crippen LogP contribution is 2.39. The second kappa shape index (κ2) is 10.5. The summed E-state index contributed by atoms with van der Waals surface area (Å²) in [4.78, 5) is 13.0. The summed E-state index contributed by atoms with van der Waals surface area (Å²) in [7, 11) is 0. The van der Waals surface area contributed by atoms with E-state index in [9.17, 15) is 4.79 Å². The minimum atomic E-state index is -1.01. The molecule has 0 radical (unpaired) electrons. The molecule has 1 N–H and O–H groups in total. The largest absolute Gasteiger partial charge is 0.485 e. The fourth-order valence-electron chi connectivity index (χ4n) is 4.62. The lowest BCUT2D eigenvalue weighted by Crippen LogP contribution is -2.43. The van der Waals surface area contributed by atoms with Gasteiger partial charge in [0.2, 0.25) is 0 Å². The molecule has 0 bridgehead atoms. The second-order valence-electron chi connectivity index (χ2n) is 8.82. The van der Waals surface area contributed by atoms with Gasteiger partial charge in [0.05, 0.1) is 18.8 Å². The van der Waals surface area contributed by atoms with Gasteiger partial charge >= 0.3 is 5.97 Å². The number of carboxylic acid groups (broad SMARTS) is 1. The maximum absolute atomic E-state index is 10.8. The molecule has 0 aliphatic carbocycles. The summed E-state index contributed by atoms with van der Waals surface area (Å²) >= 11 is 6.87. The molecule has 1 aliphatic heterocycles. The van der Waals surface area contributed by atoms with E-state index in [1.54, 1.807) is 12.1 Å². The number of aliphatic carboxylic acids is 1. The van der Waals surface area contributed by atoms with Gasteiger partial charge in [0.1, 0.15) is 17.6 Å². The zero-order chi connectivity index (χ0) is 25.1. The smallest absolute Gasteiger partial charge is 0.341 e. The van der Waals surface area contributed by atoms with E-state index < -0.39 is 5.97 Å². The standard InChI is InChI=1S/C29H27ClN2O4/c1-20(25-10-6-8-21-7-2-3-9-26(21)25)32(30)18-24-17-31(27-11-4-5-12-28(27)36-24)22-13-15-23(16-14-22)35-19-29(33)34/h2-16,20,24H,17-19H2,1H3,(H,33,34)/t20-,24?/m1/s1. The van der Waals surface area contributed by atoms with Gasteiger partial charge in [-0.05, 0) is 71.4 Å². The SMILES string of the molecule is C[C@H](c1cccc2ccccc12)N(Cl)CC1CN(c2ccc(OCC(=O)O)cc2)c2ccccc2O1. The van der Waals surface area contributed by atoms with Crippen LogP contribution >= 0.6 is 11.8 Å². The van der Waals surface area contributed by atoms with Crippen molar-refractivity contribution in [3.63, 3.8) is 0 Å². The summed E-state index contributed by atoms with van der Waals surface area (Å²) in [6, 6.07) is 30.0. The van der Waals surface area contributed by atoms with Crippen LogP contribution < -0.4 is 14.4 Å². The number of carboxylic acids is 1. The zero-order valence-corrected chi connectivity index (χ0v) is 20.6. The van der Waals surface area contributed by atoms with E-state index in [-0.39, 0.29) is 18.8 Å². The van der Waals surface area contributed by atoms with Gasteiger partial charge in [-0.25, -0.2) is 9.21 Å². The monoisotopic (exact) mass is 502 g/mol. The van der Waals surface area contributed by atoms with E-state index in [4.69, 9.17) is 26.4 Å². The molecule has 0 aromatic heterocycles. The Balaban J connectivity index is 1.35. The van der Waals surface area contributed by atoms with Crippen molar-refractivity contribution < 1.29 is 19.4 Å². The quantitative estimate of drug-likeness (QED) is 0.280. The maximum atomic E-state index is 10.8. The minimum absolute atomic E-state index is 0.0161. The van der Waals surface area contributed by atoms with Crippen LogP contribution in [0.3, 0.4) is 0 Å².